The molecule has 29 heavy (non-hydrogen) atoms. The van der Waals surface area contributed by atoms with E-state index in [1.54, 1.807) is 0 Å². The number of ether oxygens (including phenoxy) is 1. The molecule has 0 fully saturated rings. The van der Waals surface area contributed by atoms with Crippen molar-refractivity contribution in [3.8, 4) is 6.07 Å². The molecule has 2 rings (SSSR count). The topological polar surface area (TPSA) is 84.1 Å². The maximum atomic E-state index is 13.1. The van der Waals surface area contributed by atoms with Crippen molar-refractivity contribution >= 4 is 23.6 Å². The number of aryl methyl sites for hydroxylation is 1. The Kier molecular flexibility index (Phi) is 7.72. The van der Waals surface area contributed by atoms with Gasteiger partial charge in [-0.3, -0.25) is 4.79 Å². The van der Waals surface area contributed by atoms with Gasteiger partial charge in [0, 0.05) is 23.6 Å². The van der Waals surface area contributed by atoms with Gasteiger partial charge in [-0.05, 0) is 56.2 Å². The Bertz CT molecular complexity index is 970. The van der Waals surface area contributed by atoms with E-state index in [9.17, 15) is 19.2 Å². The number of nitrogens with one attached hydrogen (secondary N) is 1. The maximum Gasteiger partial charge on any atom is 0.349 e. The number of amides is 1. The number of carbonyl (C=O) groups excluding carboxylic acids is 2. The highest BCUT2D eigenvalue weighted by Gasteiger charge is 2.15. The van der Waals surface area contributed by atoms with E-state index in [4.69, 9.17) is 4.74 Å². The molecule has 152 valence electrons. The highest BCUT2D eigenvalue weighted by molar-refractivity contribution is 6.00. The van der Waals surface area contributed by atoms with Gasteiger partial charge in [-0.25, -0.2) is 9.18 Å². The zero-order chi connectivity index (χ0) is 21.4. The summed E-state index contributed by atoms with van der Waals surface area (Å²) in [4.78, 5) is 24.1. The molecule has 1 amide bonds. The van der Waals surface area contributed by atoms with E-state index >= 15 is 0 Å². The predicted octanol–water partition coefficient (Wildman–Crippen LogP) is 4.13. The Morgan fingerprint density at radius 2 is 2.07 bits per heavy atom. The summed E-state index contributed by atoms with van der Waals surface area (Å²) in [7, 11) is 0. The van der Waals surface area contributed by atoms with Crippen LogP contribution in [0, 0.1) is 31.0 Å². The van der Waals surface area contributed by atoms with Crippen LogP contribution >= 0.6 is 0 Å². The number of hydrogen-bond donors (Lipinski definition) is 1. The molecule has 0 bridgehead atoms. The first-order valence-corrected chi connectivity index (χ1v) is 9.36. The fourth-order valence-electron chi connectivity index (χ4n) is 2.90. The number of aromatic nitrogens is 1. The standard InChI is InChI=1S/C22H24FN3O3/c1-4-5-9-26-15(2)10-17(16(26)3)11-18(13-24)22(28)29-14-21(27)25-20-8-6-7-19(23)12-20/h6-8,10-12H,4-5,9,14H2,1-3H3,(H,25,27)/b18-11+. The smallest absolute Gasteiger partial charge is 0.349 e. The van der Waals surface area contributed by atoms with Crippen molar-refractivity contribution in [2.24, 2.45) is 0 Å². The summed E-state index contributed by atoms with van der Waals surface area (Å²) in [5.41, 5.74) is 2.82. The van der Waals surface area contributed by atoms with E-state index in [1.807, 2.05) is 26.0 Å². The summed E-state index contributed by atoms with van der Waals surface area (Å²) in [5.74, 6) is -2.01. The van der Waals surface area contributed by atoms with Crippen LogP contribution in [0.25, 0.3) is 6.08 Å². The van der Waals surface area contributed by atoms with Crippen molar-refractivity contribution in [2.45, 2.75) is 40.2 Å². The Morgan fingerprint density at radius 1 is 1.31 bits per heavy atom. The van der Waals surface area contributed by atoms with E-state index in [1.165, 1.54) is 24.3 Å². The fraction of sp³-hybridized carbons (Fsp3) is 0.318. The zero-order valence-electron chi connectivity index (χ0n) is 16.8. The summed E-state index contributed by atoms with van der Waals surface area (Å²) < 4.78 is 20.2. The minimum absolute atomic E-state index is 0.195. The molecule has 0 unspecified atom stereocenters. The minimum Gasteiger partial charge on any atom is -0.451 e. The molecule has 0 aliphatic rings. The van der Waals surface area contributed by atoms with Crippen molar-refractivity contribution in [3.05, 3.63) is 58.7 Å². The number of nitriles is 1. The number of anilines is 1. The Morgan fingerprint density at radius 3 is 2.72 bits per heavy atom. The second-order valence-electron chi connectivity index (χ2n) is 6.64. The SMILES string of the molecule is CCCCn1c(C)cc(/C=C(\C#N)C(=O)OCC(=O)Nc2cccc(F)c2)c1C. The van der Waals surface area contributed by atoms with Gasteiger partial charge < -0.3 is 14.6 Å². The van der Waals surface area contributed by atoms with Crippen LogP contribution in [0.3, 0.4) is 0 Å². The molecule has 6 nitrogen and oxygen atoms in total. The van der Waals surface area contributed by atoms with Crippen molar-refractivity contribution in [1.82, 2.24) is 4.57 Å². The van der Waals surface area contributed by atoms with Crippen molar-refractivity contribution < 1.29 is 18.7 Å². The highest BCUT2D eigenvalue weighted by Crippen LogP contribution is 2.19. The number of rotatable bonds is 8. The quantitative estimate of drug-likeness (QED) is 0.412. The third-order valence-corrected chi connectivity index (χ3v) is 4.43. The maximum absolute atomic E-state index is 13.1. The second-order valence-corrected chi connectivity index (χ2v) is 6.64. The molecule has 7 heteroatoms. The number of esters is 1. The molecule has 1 aromatic carbocycles. The third-order valence-electron chi connectivity index (χ3n) is 4.43. The van der Waals surface area contributed by atoms with Gasteiger partial charge in [0.15, 0.2) is 6.61 Å². The van der Waals surface area contributed by atoms with Crippen LogP contribution in [-0.4, -0.2) is 23.1 Å². The van der Waals surface area contributed by atoms with Gasteiger partial charge in [-0.15, -0.1) is 0 Å². The van der Waals surface area contributed by atoms with Gasteiger partial charge in [0.1, 0.15) is 17.5 Å². The number of hydrogen-bond acceptors (Lipinski definition) is 4. The average molecular weight is 397 g/mol. The van der Waals surface area contributed by atoms with Crippen LogP contribution in [0.2, 0.25) is 0 Å². The lowest BCUT2D eigenvalue weighted by atomic mass is 10.1. The summed E-state index contributed by atoms with van der Waals surface area (Å²) in [6.07, 6.45) is 3.57. The first-order valence-electron chi connectivity index (χ1n) is 9.36. The zero-order valence-corrected chi connectivity index (χ0v) is 16.8. The Balaban J connectivity index is 2.03. The molecule has 2 aromatic rings. The first-order chi connectivity index (χ1) is 13.8. The molecule has 0 aliphatic carbocycles. The van der Waals surface area contributed by atoms with Crippen LogP contribution in [0.1, 0.15) is 36.7 Å². The second kappa shape index (κ2) is 10.2. The van der Waals surface area contributed by atoms with Crippen LogP contribution < -0.4 is 5.32 Å². The normalized spacial score (nSPS) is 11.1. The molecule has 0 spiro atoms. The summed E-state index contributed by atoms with van der Waals surface area (Å²) in [5, 5.41) is 11.8. The molecule has 0 aliphatic heterocycles. The van der Waals surface area contributed by atoms with Crippen LogP contribution in [0.4, 0.5) is 10.1 Å². The molecule has 1 heterocycles. The van der Waals surface area contributed by atoms with Crippen LogP contribution in [0.5, 0.6) is 0 Å². The molecule has 0 radical (unpaired) electrons. The molecule has 0 saturated heterocycles. The van der Waals surface area contributed by atoms with E-state index < -0.39 is 24.3 Å². The van der Waals surface area contributed by atoms with Crippen LogP contribution in [0.15, 0.2) is 35.9 Å². The Hall–Kier alpha value is -3.40. The van der Waals surface area contributed by atoms with Crippen molar-refractivity contribution in [1.29, 1.82) is 5.26 Å². The van der Waals surface area contributed by atoms with Crippen molar-refractivity contribution in [2.75, 3.05) is 11.9 Å². The van der Waals surface area contributed by atoms with E-state index in [2.05, 4.69) is 16.8 Å². The van der Waals surface area contributed by atoms with Gasteiger partial charge in [0.05, 0.1) is 0 Å². The van der Waals surface area contributed by atoms with Crippen LogP contribution in [-0.2, 0) is 20.9 Å². The lowest BCUT2D eigenvalue weighted by molar-refractivity contribution is -0.142. The molecule has 0 saturated carbocycles. The summed E-state index contributed by atoms with van der Waals surface area (Å²) in [6, 6.07) is 9.09. The van der Waals surface area contributed by atoms with E-state index in [0.717, 1.165) is 42.4 Å². The van der Waals surface area contributed by atoms with Gasteiger partial charge in [0.25, 0.3) is 5.91 Å². The largest absolute Gasteiger partial charge is 0.451 e. The van der Waals surface area contributed by atoms with Gasteiger partial charge in [-0.2, -0.15) is 5.26 Å². The monoisotopic (exact) mass is 397 g/mol. The molecular formula is C22H24FN3O3. The summed E-state index contributed by atoms with van der Waals surface area (Å²) in [6.45, 7) is 6.31. The minimum atomic E-state index is -0.889. The number of benzene rings is 1. The molecule has 1 aromatic heterocycles. The van der Waals surface area contributed by atoms with E-state index in [-0.39, 0.29) is 11.3 Å². The van der Waals surface area contributed by atoms with Gasteiger partial charge in [-0.1, -0.05) is 19.4 Å². The highest BCUT2D eigenvalue weighted by atomic mass is 19.1. The predicted molar refractivity (Wildman–Crippen MR) is 108 cm³/mol. The lowest BCUT2D eigenvalue weighted by Crippen LogP contribution is -2.21. The summed E-state index contributed by atoms with van der Waals surface area (Å²) >= 11 is 0. The van der Waals surface area contributed by atoms with Gasteiger partial charge in [0.2, 0.25) is 0 Å². The third kappa shape index (κ3) is 6.04. The fourth-order valence-corrected chi connectivity index (χ4v) is 2.90. The lowest BCUT2D eigenvalue weighted by Gasteiger charge is -2.08. The van der Waals surface area contributed by atoms with Crippen molar-refractivity contribution in [3.63, 3.8) is 0 Å². The molecule has 0 atom stereocenters. The number of carbonyl (C=O) groups is 2. The average Bonchev–Trinajstić information content (AvgIpc) is 2.95. The van der Waals surface area contributed by atoms with Gasteiger partial charge >= 0.3 is 5.97 Å². The molecule has 1 N–H and O–H groups in total. The van der Waals surface area contributed by atoms with E-state index in [0.29, 0.717) is 0 Å². The molecular weight excluding hydrogens is 373 g/mol. The number of halogens is 1. The Labute approximate surface area is 169 Å². The number of nitrogens with zero attached hydrogens (tertiary/aromatic N) is 2. The first kappa shape index (κ1) is 21.9. The number of unbranched alkanes of at least 4 members (excludes halogenated alkanes) is 1.